The number of aromatic amines is 1. The van der Waals surface area contributed by atoms with Crippen molar-refractivity contribution in [3.8, 4) is 17.7 Å². The molecule has 0 saturated heterocycles. The molecule has 0 radical (unpaired) electrons. The fraction of sp³-hybridized carbons (Fsp3) is 0.448. The van der Waals surface area contributed by atoms with E-state index >= 15 is 0 Å². The van der Waals surface area contributed by atoms with Crippen LogP contribution in [-0.2, 0) is 16.0 Å². The molecule has 2 aromatic carbocycles. The number of para-hydroxylation sites is 1. The number of aliphatic hydroxyl groups excluding tert-OH is 1. The zero-order valence-electron chi connectivity index (χ0n) is 21.2. The summed E-state index contributed by atoms with van der Waals surface area (Å²) in [6.07, 6.45) is 3.58. The lowest BCUT2D eigenvalue weighted by Gasteiger charge is -2.42. The summed E-state index contributed by atoms with van der Waals surface area (Å²) in [5, 5.41) is 21.9. The number of carbonyl (C=O) groups is 1. The summed E-state index contributed by atoms with van der Waals surface area (Å²) in [5.74, 6) is 0.144. The van der Waals surface area contributed by atoms with Crippen LogP contribution in [0.25, 0.3) is 10.9 Å². The molecule has 0 spiro atoms. The van der Waals surface area contributed by atoms with Gasteiger partial charge in [-0.25, -0.2) is 0 Å². The van der Waals surface area contributed by atoms with Crippen LogP contribution in [0.4, 0.5) is 0 Å². The van der Waals surface area contributed by atoms with Crippen molar-refractivity contribution in [3.05, 3.63) is 59.8 Å². The molecule has 1 aromatic heterocycles. The van der Waals surface area contributed by atoms with Crippen molar-refractivity contribution in [2.75, 3.05) is 27.3 Å². The normalized spacial score (nSPS) is 25.9. The van der Waals surface area contributed by atoms with E-state index in [1.165, 1.54) is 7.11 Å². The van der Waals surface area contributed by atoms with E-state index in [-0.39, 0.29) is 11.8 Å². The summed E-state index contributed by atoms with van der Waals surface area (Å²) in [6, 6.07) is 15.6. The number of aliphatic hydroxyl groups is 1. The van der Waals surface area contributed by atoms with Crippen molar-refractivity contribution >= 4 is 16.9 Å². The Balaban J connectivity index is 1.62. The molecule has 3 aromatic rings. The first-order valence-corrected chi connectivity index (χ1v) is 12.8. The number of nitriles is 1. The maximum absolute atomic E-state index is 12.9. The van der Waals surface area contributed by atoms with Crippen LogP contribution < -0.4 is 9.47 Å². The van der Waals surface area contributed by atoms with Crippen molar-refractivity contribution < 1.29 is 24.1 Å². The Morgan fingerprint density at radius 1 is 1.11 bits per heavy atom. The zero-order chi connectivity index (χ0) is 25.9. The number of benzene rings is 2. The first-order valence-electron chi connectivity index (χ1n) is 12.8. The van der Waals surface area contributed by atoms with Gasteiger partial charge in [-0.15, -0.1) is 0 Å². The van der Waals surface area contributed by atoms with Crippen molar-refractivity contribution in [2.45, 2.75) is 37.9 Å². The highest BCUT2D eigenvalue weighted by Crippen LogP contribution is 2.44. The molecule has 2 N–H and O–H groups in total. The first-order chi connectivity index (χ1) is 18.0. The highest BCUT2D eigenvalue weighted by molar-refractivity contribution is 5.85. The van der Waals surface area contributed by atoms with Crippen LogP contribution in [0.2, 0.25) is 0 Å². The molecule has 2 heterocycles. The lowest BCUT2D eigenvalue weighted by atomic mass is 9.67. The number of rotatable bonds is 4. The lowest BCUT2D eigenvalue weighted by Crippen LogP contribution is -2.47. The third-order valence-corrected chi connectivity index (χ3v) is 8.01. The molecule has 5 atom stereocenters. The summed E-state index contributed by atoms with van der Waals surface area (Å²) in [7, 11) is 2.99. The Morgan fingerprint density at radius 3 is 2.59 bits per heavy atom. The number of methoxy groups -OCH3 is 2. The van der Waals surface area contributed by atoms with Crippen LogP contribution in [0, 0.1) is 29.2 Å². The van der Waals surface area contributed by atoms with E-state index in [2.05, 4.69) is 17.2 Å². The molecule has 0 bridgehead atoms. The maximum Gasteiger partial charge on any atom is 0.311 e. The predicted octanol–water partition coefficient (Wildman–Crippen LogP) is 4.20. The fourth-order valence-electron chi connectivity index (χ4n) is 6.16. The average Bonchev–Trinajstić information content (AvgIpc) is 3.30. The van der Waals surface area contributed by atoms with E-state index < -0.39 is 24.1 Å². The summed E-state index contributed by atoms with van der Waals surface area (Å²) in [4.78, 5) is 18.3. The number of ether oxygens (including phenoxy) is 3. The van der Waals surface area contributed by atoms with Gasteiger partial charge in [-0.3, -0.25) is 4.79 Å². The van der Waals surface area contributed by atoms with Crippen molar-refractivity contribution in [3.63, 3.8) is 0 Å². The first kappa shape index (κ1) is 25.0. The Labute approximate surface area is 216 Å². The number of nitrogens with one attached hydrogen (secondary N) is 1. The van der Waals surface area contributed by atoms with E-state index in [1.807, 2.05) is 42.5 Å². The second kappa shape index (κ2) is 10.7. The second-order valence-electron chi connectivity index (χ2n) is 9.99. The van der Waals surface area contributed by atoms with Crippen LogP contribution in [0.1, 0.15) is 36.6 Å². The van der Waals surface area contributed by atoms with Gasteiger partial charge in [-0.1, -0.05) is 18.2 Å². The van der Waals surface area contributed by atoms with E-state index in [0.29, 0.717) is 38.1 Å². The number of esters is 1. The molecule has 0 amide bonds. The molecule has 8 nitrogen and oxygen atoms in total. The number of hydrogen-bond acceptors (Lipinski definition) is 7. The summed E-state index contributed by atoms with van der Waals surface area (Å²) >= 11 is 0. The topological polar surface area (TPSA) is 108 Å². The number of fused-ring (bicyclic) bond motifs is 4. The van der Waals surface area contributed by atoms with Crippen molar-refractivity contribution in [1.29, 1.82) is 5.26 Å². The average molecular weight is 504 g/mol. The van der Waals surface area contributed by atoms with Gasteiger partial charge in [0.15, 0.2) is 6.19 Å². The van der Waals surface area contributed by atoms with Gasteiger partial charge >= 0.3 is 5.97 Å². The van der Waals surface area contributed by atoms with Crippen molar-refractivity contribution in [2.24, 2.45) is 17.8 Å². The highest BCUT2D eigenvalue weighted by atomic mass is 16.5. The van der Waals surface area contributed by atoms with Gasteiger partial charge < -0.3 is 29.2 Å². The predicted molar refractivity (Wildman–Crippen MR) is 138 cm³/mol. The SMILES string of the molecule is COC(=O)[C@@H]1[C@H]2C[C@H](Oc3ccc(OC)cc3)c3[nH]c4ccccc4c3CCN(C#N)C[C@@H]2CC[C@@H]1O. The van der Waals surface area contributed by atoms with Crippen LogP contribution in [-0.4, -0.2) is 54.4 Å². The van der Waals surface area contributed by atoms with Gasteiger partial charge in [0.1, 0.15) is 17.6 Å². The number of H-pyrrole nitrogens is 1. The van der Waals surface area contributed by atoms with Gasteiger partial charge in [0.05, 0.1) is 31.9 Å². The highest BCUT2D eigenvalue weighted by Gasteiger charge is 2.46. The molecular weight excluding hydrogens is 470 g/mol. The van der Waals surface area contributed by atoms with Crippen LogP contribution in [0.3, 0.4) is 0 Å². The Hall–Kier alpha value is -3.70. The smallest absolute Gasteiger partial charge is 0.311 e. The lowest BCUT2D eigenvalue weighted by molar-refractivity contribution is -0.157. The van der Waals surface area contributed by atoms with Gasteiger partial charge in [0.25, 0.3) is 0 Å². The van der Waals surface area contributed by atoms with E-state index in [9.17, 15) is 15.2 Å². The molecule has 8 heteroatoms. The molecule has 1 saturated carbocycles. The van der Waals surface area contributed by atoms with E-state index in [4.69, 9.17) is 14.2 Å². The molecule has 1 fully saturated rings. The minimum atomic E-state index is -0.795. The summed E-state index contributed by atoms with van der Waals surface area (Å²) in [5.41, 5.74) is 3.06. The fourth-order valence-corrected chi connectivity index (χ4v) is 6.16. The molecule has 1 aliphatic heterocycles. The largest absolute Gasteiger partial charge is 0.497 e. The monoisotopic (exact) mass is 503 g/mol. The second-order valence-corrected chi connectivity index (χ2v) is 9.99. The number of nitrogens with zero attached hydrogens (tertiary/aromatic N) is 2. The molecular formula is C29H33N3O5. The molecule has 5 rings (SSSR count). The Kier molecular flexibility index (Phi) is 7.24. The molecule has 37 heavy (non-hydrogen) atoms. The molecule has 194 valence electrons. The van der Waals surface area contributed by atoms with Gasteiger partial charge in [0.2, 0.25) is 0 Å². The number of carbonyl (C=O) groups excluding carboxylic acids is 1. The minimum absolute atomic E-state index is 0.0417. The molecule has 0 unspecified atom stereocenters. The quantitative estimate of drug-likeness (QED) is 0.406. The summed E-state index contributed by atoms with van der Waals surface area (Å²) < 4.78 is 17.1. The maximum atomic E-state index is 12.9. The van der Waals surface area contributed by atoms with Gasteiger partial charge in [-0.2, -0.15) is 5.26 Å². The van der Waals surface area contributed by atoms with Crippen LogP contribution in [0.15, 0.2) is 48.5 Å². The van der Waals surface area contributed by atoms with Gasteiger partial charge in [-0.05, 0) is 73.4 Å². The van der Waals surface area contributed by atoms with Crippen molar-refractivity contribution in [1.82, 2.24) is 9.88 Å². The Bertz CT molecular complexity index is 1280. The minimum Gasteiger partial charge on any atom is -0.497 e. The van der Waals surface area contributed by atoms with Crippen LogP contribution in [0.5, 0.6) is 11.5 Å². The summed E-state index contributed by atoms with van der Waals surface area (Å²) in [6.45, 7) is 1.10. The number of hydrogen-bond donors (Lipinski definition) is 2. The third kappa shape index (κ3) is 4.96. The van der Waals surface area contributed by atoms with E-state index in [0.717, 1.165) is 34.3 Å². The molecule has 2 aliphatic rings. The third-order valence-electron chi connectivity index (χ3n) is 8.01. The van der Waals surface area contributed by atoms with Crippen LogP contribution >= 0.6 is 0 Å². The van der Waals surface area contributed by atoms with Gasteiger partial charge in [0, 0.05) is 24.0 Å². The molecule has 1 aliphatic carbocycles. The standard InChI is InChI=1S/C29H33N3O5/c1-35-19-8-10-20(11-9-19)37-26-15-23-18(7-12-25(33)27(23)29(34)36-2)16-32(17-30)14-13-22-21-5-3-4-6-24(21)31-28(22)26/h3-6,8-11,18,23,25-27,31,33H,7,12-16H2,1-2H3/t18-,23-,25-,26-,27+/m0/s1. The number of aromatic nitrogens is 1. The zero-order valence-corrected chi connectivity index (χ0v) is 21.2. The Morgan fingerprint density at radius 2 is 1.86 bits per heavy atom. The van der Waals surface area contributed by atoms with E-state index in [1.54, 1.807) is 12.0 Å².